The Morgan fingerprint density at radius 2 is 2.05 bits per heavy atom. The highest BCUT2D eigenvalue weighted by Crippen LogP contribution is 2.21. The fourth-order valence-electron chi connectivity index (χ4n) is 2.48. The standard InChI is InChI=1S/C14H21FN2O3S/c1-2-21(19,20)17-8-6-12(7-9-17)16-10-11-4-3-5-13(15)14(11)18/h3-5,12,16,18H,2,6-10H2,1H3. The maximum Gasteiger partial charge on any atom is 0.213 e. The van der Waals surface area contributed by atoms with E-state index in [1.807, 2.05) is 0 Å². The first-order valence-corrected chi connectivity index (χ1v) is 8.72. The fraction of sp³-hybridized carbons (Fsp3) is 0.571. The topological polar surface area (TPSA) is 69.6 Å². The summed E-state index contributed by atoms with van der Waals surface area (Å²) in [7, 11) is -3.11. The molecule has 0 aliphatic carbocycles. The highest BCUT2D eigenvalue weighted by molar-refractivity contribution is 7.89. The van der Waals surface area contributed by atoms with E-state index in [1.54, 1.807) is 19.1 Å². The Kier molecular flexibility index (Phi) is 5.18. The van der Waals surface area contributed by atoms with Crippen molar-refractivity contribution >= 4 is 10.0 Å². The van der Waals surface area contributed by atoms with E-state index in [0.29, 0.717) is 25.2 Å². The Morgan fingerprint density at radius 1 is 1.38 bits per heavy atom. The van der Waals surface area contributed by atoms with E-state index in [1.165, 1.54) is 10.4 Å². The zero-order valence-electron chi connectivity index (χ0n) is 12.0. The molecule has 0 spiro atoms. The summed E-state index contributed by atoms with van der Waals surface area (Å²) in [6.07, 6.45) is 1.44. The Morgan fingerprint density at radius 3 is 2.67 bits per heavy atom. The molecule has 5 nitrogen and oxygen atoms in total. The number of para-hydroxylation sites is 1. The molecule has 21 heavy (non-hydrogen) atoms. The predicted octanol–water partition coefficient (Wildman–Crippen LogP) is 1.43. The number of aromatic hydroxyl groups is 1. The number of phenolic OH excluding ortho intramolecular Hbond substituents is 1. The molecule has 2 rings (SSSR count). The van der Waals surface area contributed by atoms with Gasteiger partial charge in [0.25, 0.3) is 0 Å². The van der Waals surface area contributed by atoms with Crippen LogP contribution in [0, 0.1) is 5.82 Å². The first-order valence-electron chi connectivity index (χ1n) is 7.11. The minimum atomic E-state index is -3.11. The average molecular weight is 316 g/mol. The normalized spacial score (nSPS) is 18.0. The highest BCUT2D eigenvalue weighted by Gasteiger charge is 2.26. The Balaban J connectivity index is 1.86. The summed E-state index contributed by atoms with van der Waals surface area (Å²) in [5.41, 5.74) is 0.513. The van der Waals surface area contributed by atoms with Crippen LogP contribution in [0.2, 0.25) is 0 Å². The summed E-state index contributed by atoms with van der Waals surface area (Å²) < 4.78 is 38.2. The summed E-state index contributed by atoms with van der Waals surface area (Å²) in [5, 5.41) is 12.9. The predicted molar refractivity (Wildman–Crippen MR) is 79.0 cm³/mol. The van der Waals surface area contributed by atoms with Crippen LogP contribution < -0.4 is 5.32 Å². The van der Waals surface area contributed by atoms with E-state index in [2.05, 4.69) is 5.32 Å². The van der Waals surface area contributed by atoms with Crippen LogP contribution in [0.5, 0.6) is 5.75 Å². The fourth-order valence-corrected chi connectivity index (χ4v) is 3.61. The Hall–Kier alpha value is -1.18. The van der Waals surface area contributed by atoms with Crippen LogP contribution in [-0.4, -0.2) is 42.7 Å². The lowest BCUT2D eigenvalue weighted by Crippen LogP contribution is -2.45. The molecule has 0 amide bonds. The van der Waals surface area contributed by atoms with Gasteiger partial charge in [0.1, 0.15) is 0 Å². The van der Waals surface area contributed by atoms with Gasteiger partial charge in [-0.05, 0) is 25.8 Å². The van der Waals surface area contributed by atoms with Crippen LogP contribution in [0.15, 0.2) is 18.2 Å². The maximum atomic E-state index is 13.2. The number of hydrogen-bond acceptors (Lipinski definition) is 4. The van der Waals surface area contributed by atoms with E-state index in [4.69, 9.17) is 0 Å². The summed E-state index contributed by atoms with van der Waals surface area (Å²) in [6, 6.07) is 4.62. The van der Waals surface area contributed by atoms with Crippen LogP contribution >= 0.6 is 0 Å². The highest BCUT2D eigenvalue weighted by atomic mass is 32.2. The molecule has 1 aliphatic rings. The van der Waals surface area contributed by atoms with E-state index < -0.39 is 15.8 Å². The second kappa shape index (κ2) is 6.72. The van der Waals surface area contributed by atoms with Crippen molar-refractivity contribution in [3.63, 3.8) is 0 Å². The molecular formula is C14H21FN2O3S. The van der Waals surface area contributed by atoms with Crippen LogP contribution in [0.1, 0.15) is 25.3 Å². The van der Waals surface area contributed by atoms with Crippen LogP contribution in [0.4, 0.5) is 4.39 Å². The third-order valence-corrected chi connectivity index (χ3v) is 5.75. The van der Waals surface area contributed by atoms with Crippen LogP contribution in [0.25, 0.3) is 0 Å². The lowest BCUT2D eigenvalue weighted by atomic mass is 10.1. The molecule has 0 aromatic heterocycles. The lowest BCUT2D eigenvalue weighted by molar-refractivity contribution is 0.288. The minimum absolute atomic E-state index is 0.127. The first kappa shape index (κ1) is 16.2. The van der Waals surface area contributed by atoms with Crippen molar-refractivity contribution in [2.75, 3.05) is 18.8 Å². The monoisotopic (exact) mass is 316 g/mol. The number of nitrogens with one attached hydrogen (secondary N) is 1. The molecule has 0 saturated carbocycles. The van der Waals surface area contributed by atoms with Crippen molar-refractivity contribution in [3.8, 4) is 5.75 Å². The van der Waals surface area contributed by atoms with Crippen molar-refractivity contribution in [1.29, 1.82) is 0 Å². The largest absolute Gasteiger partial charge is 0.505 e. The molecule has 1 saturated heterocycles. The second-order valence-corrected chi connectivity index (χ2v) is 7.46. The zero-order valence-corrected chi connectivity index (χ0v) is 12.9. The van der Waals surface area contributed by atoms with Crippen LogP contribution in [0.3, 0.4) is 0 Å². The number of nitrogens with zero attached hydrogens (tertiary/aromatic N) is 1. The molecule has 1 aromatic carbocycles. The zero-order chi connectivity index (χ0) is 15.5. The van der Waals surface area contributed by atoms with Gasteiger partial charge in [-0.3, -0.25) is 0 Å². The van der Waals surface area contributed by atoms with Crippen LogP contribution in [-0.2, 0) is 16.6 Å². The van der Waals surface area contributed by atoms with E-state index in [9.17, 15) is 17.9 Å². The van der Waals surface area contributed by atoms with Gasteiger partial charge in [0.05, 0.1) is 5.75 Å². The minimum Gasteiger partial charge on any atom is -0.505 e. The van der Waals surface area contributed by atoms with Crippen molar-refractivity contribution in [3.05, 3.63) is 29.6 Å². The summed E-state index contributed by atoms with van der Waals surface area (Å²) >= 11 is 0. The molecule has 7 heteroatoms. The first-order chi connectivity index (χ1) is 9.94. The van der Waals surface area contributed by atoms with Gasteiger partial charge in [-0.25, -0.2) is 17.1 Å². The van der Waals surface area contributed by atoms with Gasteiger partial charge < -0.3 is 10.4 Å². The molecule has 2 N–H and O–H groups in total. The second-order valence-electron chi connectivity index (χ2n) is 5.20. The number of sulfonamides is 1. The molecule has 0 bridgehead atoms. The van der Waals surface area contributed by atoms with E-state index >= 15 is 0 Å². The van der Waals surface area contributed by atoms with Crippen molar-refractivity contribution < 1.29 is 17.9 Å². The summed E-state index contributed by atoms with van der Waals surface area (Å²) in [4.78, 5) is 0. The van der Waals surface area contributed by atoms with Gasteiger partial charge in [-0.15, -0.1) is 0 Å². The molecule has 0 atom stereocenters. The number of phenols is 1. The summed E-state index contributed by atoms with van der Waals surface area (Å²) in [5.74, 6) is -0.823. The van der Waals surface area contributed by atoms with Crippen molar-refractivity contribution in [2.45, 2.75) is 32.4 Å². The average Bonchev–Trinajstić information content (AvgIpc) is 2.49. The van der Waals surface area contributed by atoms with Gasteiger partial charge in [-0.1, -0.05) is 12.1 Å². The lowest BCUT2D eigenvalue weighted by Gasteiger charge is -2.31. The van der Waals surface area contributed by atoms with Crippen molar-refractivity contribution in [1.82, 2.24) is 9.62 Å². The number of piperidine rings is 1. The summed E-state index contributed by atoms with van der Waals surface area (Å²) in [6.45, 7) is 3.02. The maximum absolute atomic E-state index is 13.2. The van der Waals surface area contributed by atoms with E-state index in [-0.39, 0.29) is 17.5 Å². The molecule has 1 aliphatic heterocycles. The molecule has 1 fully saturated rings. The molecule has 1 aromatic rings. The van der Waals surface area contributed by atoms with E-state index in [0.717, 1.165) is 12.8 Å². The molecule has 0 radical (unpaired) electrons. The number of halogens is 1. The Bertz CT molecular complexity index is 584. The van der Waals surface area contributed by atoms with Gasteiger partial charge in [0.15, 0.2) is 11.6 Å². The van der Waals surface area contributed by atoms with Gasteiger partial charge in [0.2, 0.25) is 10.0 Å². The smallest absolute Gasteiger partial charge is 0.213 e. The van der Waals surface area contributed by atoms with Crippen molar-refractivity contribution in [2.24, 2.45) is 0 Å². The molecule has 0 unspecified atom stereocenters. The van der Waals surface area contributed by atoms with Gasteiger partial charge >= 0.3 is 0 Å². The number of rotatable bonds is 5. The molecular weight excluding hydrogens is 295 g/mol. The van der Waals surface area contributed by atoms with Gasteiger partial charge in [-0.2, -0.15) is 0 Å². The Labute approximate surface area is 124 Å². The third kappa shape index (κ3) is 3.93. The van der Waals surface area contributed by atoms with Gasteiger partial charge in [0, 0.05) is 31.2 Å². The molecule has 1 heterocycles. The molecule has 118 valence electrons. The quantitative estimate of drug-likeness (QED) is 0.862. The SMILES string of the molecule is CCS(=O)(=O)N1CCC(NCc2cccc(F)c2O)CC1. The number of benzene rings is 1. The number of hydrogen-bond donors (Lipinski definition) is 2. The third-order valence-electron chi connectivity index (χ3n) is 3.86.